The van der Waals surface area contributed by atoms with Gasteiger partial charge in [0.05, 0.1) is 10.9 Å². The van der Waals surface area contributed by atoms with Crippen molar-refractivity contribution in [1.29, 1.82) is 0 Å². The van der Waals surface area contributed by atoms with E-state index in [9.17, 15) is 4.79 Å². The third-order valence-corrected chi connectivity index (χ3v) is 6.00. The van der Waals surface area contributed by atoms with Gasteiger partial charge in [-0.1, -0.05) is 12.5 Å². The summed E-state index contributed by atoms with van der Waals surface area (Å²) < 4.78 is 6.78. The van der Waals surface area contributed by atoms with E-state index in [4.69, 9.17) is 16.0 Å². The average molecular weight is 306 g/mol. The van der Waals surface area contributed by atoms with Crippen LogP contribution in [0.4, 0.5) is 0 Å². The summed E-state index contributed by atoms with van der Waals surface area (Å²) in [7, 11) is 1.72. The van der Waals surface area contributed by atoms with E-state index in [1.54, 1.807) is 7.05 Å². The van der Waals surface area contributed by atoms with Gasteiger partial charge in [0.25, 0.3) is 0 Å². The van der Waals surface area contributed by atoms with Crippen molar-refractivity contribution >= 4 is 22.7 Å². The standard InChI is InChI=1S/C17H20ClNO2/c1-19-15-5-4-12(9-16(15)21-17(19)20)14(18)8-13-7-10-2-3-11(13)6-10/h4-5,9-11,13-14H,2-3,6-8H2,1H3. The number of aromatic nitrogens is 1. The Balaban J connectivity index is 1.56. The average Bonchev–Trinajstić information content (AvgIpc) is 3.15. The lowest BCUT2D eigenvalue weighted by Gasteiger charge is -2.24. The summed E-state index contributed by atoms with van der Waals surface area (Å²) >= 11 is 6.64. The van der Waals surface area contributed by atoms with Crippen LogP contribution in [-0.4, -0.2) is 4.57 Å². The van der Waals surface area contributed by atoms with Crippen molar-refractivity contribution in [1.82, 2.24) is 4.57 Å². The molecule has 21 heavy (non-hydrogen) atoms. The third-order valence-electron chi connectivity index (χ3n) is 5.57. The van der Waals surface area contributed by atoms with Gasteiger partial charge in [-0.2, -0.15) is 0 Å². The Labute approximate surface area is 128 Å². The molecule has 4 atom stereocenters. The molecule has 2 aromatic rings. The summed E-state index contributed by atoms with van der Waals surface area (Å²) in [5.74, 6) is 2.32. The van der Waals surface area contributed by atoms with E-state index < -0.39 is 0 Å². The molecule has 0 spiro atoms. The van der Waals surface area contributed by atoms with Gasteiger partial charge in [-0.25, -0.2) is 4.79 Å². The highest BCUT2D eigenvalue weighted by molar-refractivity contribution is 6.20. The molecule has 2 bridgehead atoms. The van der Waals surface area contributed by atoms with Crippen LogP contribution >= 0.6 is 11.6 Å². The number of halogens is 1. The molecule has 0 N–H and O–H groups in total. The van der Waals surface area contributed by atoms with Gasteiger partial charge >= 0.3 is 5.76 Å². The second-order valence-electron chi connectivity index (χ2n) is 6.79. The maximum atomic E-state index is 11.5. The molecule has 2 fully saturated rings. The number of oxazole rings is 1. The second-order valence-corrected chi connectivity index (χ2v) is 7.32. The fourth-order valence-corrected chi connectivity index (χ4v) is 4.78. The number of fused-ring (bicyclic) bond motifs is 3. The zero-order valence-corrected chi connectivity index (χ0v) is 13.0. The van der Waals surface area contributed by atoms with Crippen LogP contribution in [0.1, 0.15) is 43.0 Å². The van der Waals surface area contributed by atoms with E-state index in [-0.39, 0.29) is 11.1 Å². The van der Waals surface area contributed by atoms with Crippen LogP contribution in [0, 0.1) is 17.8 Å². The monoisotopic (exact) mass is 305 g/mol. The first-order valence-corrected chi connectivity index (χ1v) is 8.29. The lowest BCUT2D eigenvalue weighted by molar-refractivity contribution is 0.312. The molecule has 1 heterocycles. The van der Waals surface area contributed by atoms with Gasteiger partial charge in [-0.15, -0.1) is 11.6 Å². The first-order valence-electron chi connectivity index (χ1n) is 7.85. The summed E-state index contributed by atoms with van der Waals surface area (Å²) in [5.41, 5.74) is 2.53. The molecule has 1 aromatic carbocycles. The normalized spacial score (nSPS) is 29.3. The molecular formula is C17H20ClNO2. The predicted octanol–water partition coefficient (Wildman–Crippen LogP) is 4.24. The largest absolute Gasteiger partial charge is 0.419 e. The van der Waals surface area contributed by atoms with Crippen molar-refractivity contribution in [3.63, 3.8) is 0 Å². The van der Waals surface area contributed by atoms with E-state index in [1.807, 2.05) is 18.2 Å². The molecule has 2 aliphatic rings. The summed E-state index contributed by atoms with van der Waals surface area (Å²) in [5, 5.41) is 0.0178. The number of nitrogens with zero attached hydrogens (tertiary/aromatic N) is 1. The maximum Gasteiger partial charge on any atom is 0.419 e. The number of aryl methyl sites for hydroxylation is 1. The van der Waals surface area contributed by atoms with E-state index >= 15 is 0 Å². The van der Waals surface area contributed by atoms with Crippen molar-refractivity contribution in [2.45, 2.75) is 37.5 Å². The van der Waals surface area contributed by atoms with Crippen LogP contribution in [0.2, 0.25) is 0 Å². The number of alkyl halides is 1. The quantitative estimate of drug-likeness (QED) is 0.795. The van der Waals surface area contributed by atoms with Crippen molar-refractivity contribution in [3.05, 3.63) is 34.3 Å². The molecule has 0 radical (unpaired) electrons. The van der Waals surface area contributed by atoms with Crippen molar-refractivity contribution < 1.29 is 4.42 Å². The van der Waals surface area contributed by atoms with Gasteiger partial charge in [-0.05, 0) is 61.1 Å². The second kappa shape index (κ2) is 4.91. The van der Waals surface area contributed by atoms with E-state index in [0.717, 1.165) is 35.3 Å². The predicted molar refractivity (Wildman–Crippen MR) is 83.6 cm³/mol. The zero-order chi connectivity index (χ0) is 14.6. The highest BCUT2D eigenvalue weighted by Crippen LogP contribution is 2.51. The summed E-state index contributed by atoms with van der Waals surface area (Å²) in [6, 6.07) is 5.90. The minimum absolute atomic E-state index is 0.0178. The summed E-state index contributed by atoms with van der Waals surface area (Å²) in [4.78, 5) is 11.5. The Morgan fingerprint density at radius 3 is 2.95 bits per heavy atom. The Hall–Kier alpha value is -1.22. The first kappa shape index (κ1) is 13.4. The molecule has 4 rings (SSSR count). The van der Waals surface area contributed by atoms with Crippen LogP contribution in [0.25, 0.3) is 11.1 Å². The molecule has 0 amide bonds. The SMILES string of the molecule is Cn1c(=O)oc2cc(C(Cl)CC3CC4CCC3C4)ccc21. The van der Waals surface area contributed by atoms with Crippen molar-refractivity contribution in [2.75, 3.05) is 0 Å². The highest BCUT2D eigenvalue weighted by atomic mass is 35.5. The Bertz CT molecular complexity index is 732. The molecule has 4 heteroatoms. The number of hydrogen-bond acceptors (Lipinski definition) is 2. The zero-order valence-electron chi connectivity index (χ0n) is 12.2. The number of rotatable bonds is 3. The molecular weight excluding hydrogens is 286 g/mol. The molecule has 2 saturated carbocycles. The number of benzene rings is 1. The topological polar surface area (TPSA) is 35.1 Å². The summed E-state index contributed by atoms with van der Waals surface area (Å²) in [6.45, 7) is 0. The van der Waals surface area contributed by atoms with Gasteiger partial charge in [0, 0.05) is 7.05 Å². The lowest BCUT2D eigenvalue weighted by Crippen LogP contribution is -2.12. The highest BCUT2D eigenvalue weighted by Gasteiger charge is 2.40. The summed E-state index contributed by atoms with van der Waals surface area (Å²) in [6.07, 6.45) is 6.64. The molecule has 1 aromatic heterocycles. The van der Waals surface area contributed by atoms with Gasteiger partial charge in [0.2, 0.25) is 0 Å². The molecule has 3 nitrogen and oxygen atoms in total. The van der Waals surface area contributed by atoms with Crippen molar-refractivity contribution in [3.8, 4) is 0 Å². The minimum atomic E-state index is -0.318. The molecule has 0 saturated heterocycles. The van der Waals surface area contributed by atoms with E-state index in [1.165, 1.54) is 30.3 Å². The maximum absolute atomic E-state index is 11.5. The lowest BCUT2D eigenvalue weighted by atomic mass is 9.84. The van der Waals surface area contributed by atoms with Crippen LogP contribution < -0.4 is 5.76 Å². The fourth-order valence-electron chi connectivity index (χ4n) is 4.41. The molecule has 112 valence electrons. The minimum Gasteiger partial charge on any atom is -0.408 e. The molecule has 4 unspecified atom stereocenters. The molecule has 0 aliphatic heterocycles. The van der Waals surface area contributed by atoms with Gasteiger partial charge in [0.15, 0.2) is 5.58 Å². The van der Waals surface area contributed by atoms with Crippen LogP contribution in [0.3, 0.4) is 0 Å². The Morgan fingerprint density at radius 2 is 2.24 bits per heavy atom. The van der Waals surface area contributed by atoms with E-state index in [0.29, 0.717) is 5.58 Å². The Kier molecular flexibility index (Phi) is 3.14. The van der Waals surface area contributed by atoms with Crippen LogP contribution in [0.15, 0.2) is 27.4 Å². The molecule has 2 aliphatic carbocycles. The van der Waals surface area contributed by atoms with Crippen LogP contribution in [-0.2, 0) is 7.05 Å². The smallest absolute Gasteiger partial charge is 0.408 e. The van der Waals surface area contributed by atoms with Crippen molar-refractivity contribution in [2.24, 2.45) is 24.8 Å². The third kappa shape index (κ3) is 2.22. The van der Waals surface area contributed by atoms with Gasteiger partial charge in [0.1, 0.15) is 0 Å². The van der Waals surface area contributed by atoms with Gasteiger partial charge in [-0.3, -0.25) is 4.57 Å². The van der Waals surface area contributed by atoms with Gasteiger partial charge < -0.3 is 4.42 Å². The Morgan fingerprint density at radius 1 is 1.38 bits per heavy atom. The first-order chi connectivity index (χ1) is 10.1. The van der Waals surface area contributed by atoms with E-state index in [2.05, 4.69) is 0 Å². The fraction of sp³-hybridized carbons (Fsp3) is 0.588. The number of hydrogen-bond donors (Lipinski definition) is 0. The van der Waals surface area contributed by atoms with Crippen LogP contribution in [0.5, 0.6) is 0 Å².